The smallest absolute Gasteiger partial charge is 0.0991 e. The quantitative estimate of drug-likeness (QED) is 0.729. The first-order valence-corrected chi connectivity index (χ1v) is 5.58. The molecule has 80 valence electrons. The van der Waals surface area contributed by atoms with Gasteiger partial charge < -0.3 is 0 Å². The van der Waals surface area contributed by atoms with Crippen LogP contribution in [0.15, 0.2) is 18.2 Å². The second-order valence-corrected chi connectivity index (χ2v) is 4.57. The highest BCUT2D eigenvalue weighted by Gasteiger charge is 2.20. The van der Waals surface area contributed by atoms with Crippen LogP contribution in [-0.4, -0.2) is 0 Å². The topological polar surface area (TPSA) is 23.8 Å². The zero-order valence-corrected chi connectivity index (χ0v) is 10.1. The Labute approximate surface area is 92.7 Å². The fraction of sp³-hybridized carbons (Fsp3) is 0.500. The molecule has 0 saturated carbocycles. The number of hydrogen-bond donors (Lipinski definition) is 0. The van der Waals surface area contributed by atoms with Crippen molar-refractivity contribution in [2.45, 2.75) is 46.0 Å². The van der Waals surface area contributed by atoms with Crippen LogP contribution in [0.4, 0.5) is 0 Å². The van der Waals surface area contributed by atoms with E-state index in [-0.39, 0.29) is 5.41 Å². The predicted molar refractivity (Wildman–Crippen MR) is 63.9 cm³/mol. The van der Waals surface area contributed by atoms with Crippen LogP contribution in [0.5, 0.6) is 0 Å². The van der Waals surface area contributed by atoms with Gasteiger partial charge in [-0.1, -0.05) is 33.8 Å². The van der Waals surface area contributed by atoms with Crippen LogP contribution in [0.25, 0.3) is 0 Å². The minimum Gasteiger partial charge on any atom is -0.192 e. The van der Waals surface area contributed by atoms with E-state index in [1.807, 2.05) is 12.1 Å². The minimum atomic E-state index is 0.208. The summed E-state index contributed by atoms with van der Waals surface area (Å²) in [6.07, 6.45) is 2.11. The summed E-state index contributed by atoms with van der Waals surface area (Å²) in [6.45, 7) is 8.87. The summed E-state index contributed by atoms with van der Waals surface area (Å²) < 4.78 is 0. The van der Waals surface area contributed by atoms with E-state index in [0.717, 1.165) is 18.4 Å². The van der Waals surface area contributed by atoms with E-state index in [0.29, 0.717) is 0 Å². The molecule has 0 heterocycles. The summed E-state index contributed by atoms with van der Waals surface area (Å²) in [5.41, 5.74) is 3.66. The molecule has 1 heteroatoms. The van der Waals surface area contributed by atoms with Gasteiger partial charge in [0.1, 0.15) is 0 Å². The number of nitrogens with zero attached hydrogens (tertiary/aromatic N) is 1. The fourth-order valence-electron chi connectivity index (χ4n) is 1.81. The maximum absolute atomic E-state index is 8.86. The monoisotopic (exact) mass is 201 g/mol. The van der Waals surface area contributed by atoms with Gasteiger partial charge in [-0.2, -0.15) is 5.26 Å². The van der Waals surface area contributed by atoms with E-state index in [1.54, 1.807) is 0 Å². The van der Waals surface area contributed by atoms with E-state index in [1.165, 1.54) is 11.1 Å². The molecule has 1 nitrogen and oxygen atoms in total. The number of benzene rings is 1. The van der Waals surface area contributed by atoms with Gasteiger partial charge in [-0.25, -0.2) is 0 Å². The van der Waals surface area contributed by atoms with Crippen molar-refractivity contribution in [3.05, 3.63) is 34.9 Å². The molecule has 0 amide bonds. The lowest BCUT2D eigenvalue weighted by Gasteiger charge is -2.26. The maximum Gasteiger partial charge on any atom is 0.0991 e. The Morgan fingerprint density at radius 2 is 1.93 bits per heavy atom. The van der Waals surface area contributed by atoms with Gasteiger partial charge in [0.25, 0.3) is 0 Å². The lowest BCUT2D eigenvalue weighted by molar-refractivity contribution is 0.501. The molecule has 0 spiro atoms. The molecule has 0 N–H and O–H groups in total. The van der Waals surface area contributed by atoms with E-state index >= 15 is 0 Å². The molecule has 0 aliphatic rings. The van der Waals surface area contributed by atoms with Crippen molar-refractivity contribution in [2.75, 3.05) is 0 Å². The first-order chi connectivity index (χ1) is 7.05. The SMILES string of the molecule is CCc1cc(C#N)ccc1C(C)(C)CC. The van der Waals surface area contributed by atoms with E-state index in [2.05, 4.69) is 39.8 Å². The number of rotatable bonds is 3. The number of nitriles is 1. The molecular formula is C14H19N. The van der Waals surface area contributed by atoms with Gasteiger partial charge in [0.15, 0.2) is 0 Å². The van der Waals surface area contributed by atoms with Gasteiger partial charge in [0.05, 0.1) is 11.6 Å². The average molecular weight is 201 g/mol. The molecule has 0 aliphatic carbocycles. The first kappa shape index (κ1) is 11.8. The van der Waals surface area contributed by atoms with Gasteiger partial charge in [-0.05, 0) is 41.5 Å². The maximum atomic E-state index is 8.86. The third-order valence-corrected chi connectivity index (χ3v) is 3.23. The minimum absolute atomic E-state index is 0.208. The van der Waals surface area contributed by atoms with Crippen molar-refractivity contribution < 1.29 is 0 Å². The van der Waals surface area contributed by atoms with Gasteiger partial charge in [-0.3, -0.25) is 0 Å². The molecule has 1 aromatic carbocycles. The Kier molecular flexibility index (Phi) is 3.52. The first-order valence-electron chi connectivity index (χ1n) is 5.58. The Hall–Kier alpha value is -1.29. The van der Waals surface area contributed by atoms with Crippen molar-refractivity contribution in [3.63, 3.8) is 0 Å². The van der Waals surface area contributed by atoms with E-state index in [4.69, 9.17) is 5.26 Å². The summed E-state index contributed by atoms with van der Waals surface area (Å²) in [4.78, 5) is 0. The molecule has 0 aromatic heterocycles. The zero-order chi connectivity index (χ0) is 11.5. The molecule has 0 radical (unpaired) electrons. The zero-order valence-electron chi connectivity index (χ0n) is 10.1. The Morgan fingerprint density at radius 1 is 1.27 bits per heavy atom. The number of aryl methyl sites for hydroxylation is 1. The molecular weight excluding hydrogens is 182 g/mol. The fourth-order valence-corrected chi connectivity index (χ4v) is 1.81. The van der Waals surface area contributed by atoms with Crippen molar-refractivity contribution in [2.24, 2.45) is 0 Å². The second-order valence-electron chi connectivity index (χ2n) is 4.57. The second kappa shape index (κ2) is 4.49. The summed E-state index contributed by atoms with van der Waals surface area (Å²) in [5, 5.41) is 8.86. The normalized spacial score (nSPS) is 11.1. The molecule has 0 bridgehead atoms. The Morgan fingerprint density at radius 3 is 2.40 bits per heavy atom. The third-order valence-electron chi connectivity index (χ3n) is 3.23. The van der Waals surface area contributed by atoms with Crippen LogP contribution in [-0.2, 0) is 11.8 Å². The van der Waals surface area contributed by atoms with Gasteiger partial charge >= 0.3 is 0 Å². The van der Waals surface area contributed by atoms with Gasteiger partial charge in [0.2, 0.25) is 0 Å². The third kappa shape index (κ3) is 2.39. The molecule has 0 fully saturated rings. The molecule has 0 unspecified atom stereocenters. The number of hydrogen-bond acceptors (Lipinski definition) is 1. The standard InChI is InChI=1S/C14H19N/c1-5-12-9-11(10-15)7-8-13(12)14(3,4)6-2/h7-9H,5-6H2,1-4H3. The molecule has 1 aromatic rings. The molecule has 0 atom stereocenters. The van der Waals surface area contributed by atoms with Gasteiger partial charge in [-0.15, -0.1) is 0 Å². The van der Waals surface area contributed by atoms with Crippen LogP contribution >= 0.6 is 0 Å². The van der Waals surface area contributed by atoms with Crippen LogP contribution < -0.4 is 0 Å². The molecule has 0 aliphatic heterocycles. The van der Waals surface area contributed by atoms with Crippen LogP contribution in [0, 0.1) is 11.3 Å². The van der Waals surface area contributed by atoms with Crippen LogP contribution in [0.1, 0.15) is 50.8 Å². The summed E-state index contributed by atoms with van der Waals surface area (Å²) >= 11 is 0. The summed E-state index contributed by atoms with van der Waals surface area (Å²) in [7, 11) is 0. The molecule has 1 rings (SSSR count). The van der Waals surface area contributed by atoms with E-state index < -0.39 is 0 Å². The summed E-state index contributed by atoms with van der Waals surface area (Å²) in [5.74, 6) is 0. The molecule has 0 saturated heterocycles. The van der Waals surface area contributed by atoms with Crippen molar-refractivity contribution in [1.29, 1.82) is 5.26 Å². The Bertz CT molecular complexity index is 383. The van der Waals surface area contributed by atoms with E-state index in [9.17, 15) is 0 Å². The average Bonchev–Trinajstić information content (AvgIpc) is 2.28. The lowest BCUT2D eigenvalue weighted by Crippen LogP contribution is -2.17. The lowest BCUT2D eigenvalue weighted by atomic mass is 9.79. The molecule has 15 heavy (non-hydrogen) atoms. The highest BCUT2D eigenvalue weighted by atomic mass is 14.3. The van der Waals surface area contributed by atoms with Crippen molar-refractivity contribution in [3.8, 4) is 6.07 Å². The Balaban J connectivity index is 3.26. The largest absolute Gasteiger partial charge is 0.192 e. The summed E-state index contributed by atoms with van der Waals surface area (Å²) in [6, 6.07) is 8.25. The highest BCUT2D eigenvalue weighted by Crippen LogP contribution is 2.30. The highest BCUT2D eigenvalue weighted by molar-refractivity contribution is 5.41. The predicted octanol–water partition coefficient (Wildman–Crippen LogP) is 3.81. The van der Waals surface area contributed by atoms with Gasteiger partial charge in [0, 0.05) is 0 Å². The van der Waals surface area contributed by atoms with Crippen molar-refractivity contribution >= 4 is 0 Å². The van der Waals surface area contributed by atoms with Crippen molar-refractivity contribution in [1.82, 2.24) is 0 Å². The van der Waals surface area contributed by atoms with Crippen LogP contribution in [0.2, 0.25) is 0 Å². The van der Waals surface area contributed by atoms with Crippen LogP contribution in [0.3, 0.4) is 0 Å².